The highest BCUT2D eigenvalue weighted by Crippen LogP contribution is 2.29. The molecule has 3 N–H and O–H groups in total. The van der Waals surface area contributed by atoms with E-state index in [1.54, 1.807) is 11.8 Å². The molecule has 0 spiro atoms. The van der Waals surface area contributed by atoms with E-state index in [4.69, 9.17) is 23.1 Å². The van der Waals surface area contributed by atoms with E-state index in [1.807, 2.05) is 18.4 Å². The monoisotopic (exact) mass is 298 g/mol. The average Bonchev–Trinajstić information content (AvgIpc) is 2.42. The summed E-state index contributed by atoms with van der Waals surface area (Å²) < 4.78 is 0. The Kier molecular flexibility index (Phi) is 7.20. The van der Waals surface area contributed by atoms with Crippen LogP contribution in [0.4, 0.5) is 5.69 Å². The van der Waals surface area contributed by atoms with Crippen molar-refractivity contribution in [3.05, 3.63) is 23.8 Å². The second kappa shape index (κ2) is 8.40. The lowest BCUT2D eigenvalue weighted by atomic mass is 10.1. The summed E-state index contributed by atoms with van der Waals surface area (Å²) in [6, 6.07) is 6.13. The second-order valence-corrected chi connectivity index (χ2v) is 5.71. The van der Waals surface area contributed by atoms with E-state index in [9.17, 15) is 0 Å². The van der Waals surface area contributed by atoms with Gasteiger partial charge in [0.15, 0.2) is 0 Å². The molecular formula is C14H22N2OS2. The third-order valence-electron chi connectivity index (χ3n) is 3.03. The molecule has 0 saturated carbocycles. The van der Waals surface area contributed by atoms with Crippen molar-refractivity contribution in [2.75, 3.05) is 31.4 Å². The van der Waals surface area contributed by atoms with Gasteiger partial charge in [0.2, 0.25) is 0 Å². The molecule has 0 bridgehead atoms. The number of thiocarbonyl (C=S) groups is 1. The van der Waals surface area contributed by atoms with Crippen molar-refractivity contribution in [3.63, 3.8) is 0 Å². The predicted octanol–water partition coefficient (Wildman–Crippen LogP) is 2.64. The van der Waals surface area contributed by atoms with Crippen LogP contribution in [0, 0.1) is 0 Å². The van der Waals surface area contributed by atoms with Gasteiger partial charge in [0.25, 0.3) is 0 Å². The zero-order valence-electron chi connectivity index (χ0n) is 11.6. The minimum absolute atomic E-state index is 0.268. The number of aliphatic hydroxyl groups is 1. The molecule has 0 radical (unpaired) electrons. The van der Waals surface area contributed by atoms with Crippen molar-refractivity contribution >= 4 is 34.7 Å². The highest BCUT2D eigenvalue weighted by molar-refractivity contribution is 7.98. The number of aliphatic hydroxyl groups excluding tert-OH is 1. The first kappa shape index (κ1) is 16.3. The summed E-state index contributed by atoms with van der Waals surface area (Å²) in [4.78, 5) is 3.75. The fraction of sp³-hybridized carbons (Fsp3) is 0.500. The summed E-state index contributed by atoms with van der Waals surface area (Å²) >= 11 is 6.84. The van der Waals surface area contributed by atoms with Crippen LogP contribution in [0.2, 0.25) is 0 Å². The lowest BCUT2D eigenvalue weighted by Gasteiger charge is -2.23. The fourth-order valence-corrected chi connectivity index (χ4v) is 2.93. The molecule has 106 valence electrons. The van der Waals surface area contributed by atoms with Crippen molar-refractivity contribution in [2.24, 2.45) is 5.73 Å². The largest absolute Gasteiger partial charge is 0.396 e. The molecule has 0 unspecified atom stereocenters. The van der Waals surface area contributed by atoms with E-state index < -0.39 is 0 Å². The molecule has 19 heavy (non-hydrogen) atoms. The quantitative estimate of drug-likeness (QED) is 0.439. The highest BCUT2D eigenvalue weighted by atomic mass is 32.2. The molecule has 0 aromatic heterocycles. The van der Waals surface area contributed by atoms with Gasteiger partial charge in [0, 0.05) is 36.3 Å². The van der Waals surface area contributed by atoms with Crippen LogP contribution in [0.15, 0.2) is 23.1 Å². The van der Waals surface area contributed by atoms with Gasteiger partial charge in [-0.1, -0.05) is 18.3 Å². The summed E-state index contributed by atoms with van der Waals surface area (Å²) in [5.41, 5.74) is 7.92. The third kappa shape index (κ3) is 4.67. The molecule has 0 fully saturated rings. The maximum absolute atomic E-state index is 8.78. The molecule has 0 aliphatic heterocycles. The van der Waals surface area contributed by atoms with Gasteiger partial charge >= 0.3 is 0 Å². The van der Waals surface area contributed by atoms with Gasteiger partial charge < -0.3 is 15.7 Å². The van der Waals surface area contributed by atoms with Crippen molar-refractivity contribution in [2.45, 2.75) is 24.2 Å². The first-order chi connectivity index (χ1) is 9.11. The summed E-state index contributed by atoms with van der Waals surface area (Å²) in [6.45, 7) is 1.21. The Morgan fingerprint density at radius 2 is 2.11 bits per heavy atom. The van der Waals surface area contributed by atoms with Crippen LogP contribution in [-0.4, -0.2) is 36.6 Å². The maximum Gasteiger partial charge on any atom is 0.107 e. The standard InChI is InChI=1S/C14H22N2OS2/c1-16(9-4-3-5-10-17)11-7-6-8-12(19-2)13(11)14(15)18/h6-8,17H,3-5,9-10H2,1-2H3,(H2,15,18). The Bertz CT molecular complexity index is 424. The van der Waals surface area contributed by atoms with Crippen LogP contribution in [0.25, 0.3) is 0 Å². The molecule has 0 aliphatic carbocycles. The van der Waals surface area contributed by atoms with Crippen molar-refractivity contribution in [3.8, 4) is 0 Å². The zero-order valence-corrected chi connectivity index (χ0v) is 13.2. The zero-order chi connectivity index (χ0) is 14.3. The average molecular weight is 298 g/mol. The van der Waals surface area contributed by atoms with Crippen LogP contribution in [0.5, 0.6) is 0 Å². The third-order valence-corrected chi connectivity index (χ3v) is 4.02. The Morgan fingerprint density at radius 3 is 2.68 bits per heavy atom. The number of benzene rings is 1. The molecule has 3 nitrogen and oxygen atoms in total. The number of hydrogen-bond acceptors (Lipinski definition) is 4. The number of thioether (sulfide) groups is 1. The van der Waals surface area contributed by atoms with Gasteiger partial charge in [0.05, 0.1) is 0 Å². The van der Waals surface area contributed by atoms with E-state index in [1.165, 1.54) is 0 Å². The Morgan fingerprint density at radius 1 is 1.37 bits per heavy atom. The summed E-state index contributed by atoms with van der Waals surface area (Å²) in [6.07, 6.45) is 4.98. The lowest BCUT2D eigenvalue weighted by molar-refractivity contribution is 0.283. The Balaban J connectivity index is 2.83. The number of nitrogens with two attached hydrogens (primary N) is 1. The van der Waals surface area contributed by atoms with E-state index in [-0.39, 0.29) is 6.61 Å². The molecule has 0 aliphatic rings. The number of rotatable bonds is 8. The minimum atomic E-state index is 0.268. The number of hydrogen-bond donors (Lipinski definition) is 2. The molecule has 5 heteroatoms. The number of nitrogens with zero attached hydrogens (tertiary/aromatic N) is 1. The van der Waals surface area contributed by atoms with Crippen LogP contribution >= 0.6 is 24.0 Å². The van der Waals surface area contributed by atoms with Crippen LogP contribution in [0.1, 0.15) is 24.8 Å². The number of anilines is 1. The summed E-state index contributed by atoms with van der Waals surface area (Å²) in [5, 5.41) is 8.78. The van der Waals surface area contributed by atoms with Gasteiger partial charge in [-0.3, -0.25) is 0 Å². The fourth-order valence-electron chi connectivity index (χ4n) is 2.01. The summed E-state index contributed by atoms with van der Waals surface area (Å²) in [7, 11) is 2.06. The van der Waals surface area contributed by atoms with Gasteiger partial charge in [-0.2, -0.15) is 0 Å². The van der Waals surface area contributed by atoms with Crippen LogP contribution < -0.4 is 10.6 Å². The van der Waals surface area contributed by atoms with Crippen LogP contribution in [0.3, 0.4) is 0 Å². The molecule has 0 amide bonds. The molecule has 0 atom stereocenters. The van der Waals surface area contributed by atoms with Gasteiger partial charge in [0.1, 0.15) is 4.99 Å². The molecule has 0 heterocycles. The normalized spacial score (nSPS) is 10.5. The first-order valence-electron chi connectivity index (χ1n) is 6.40. The smallest absolute Gasteiger partial charge is 0.107 e. The van der Waals surface area contributed by atoms with Crippen molar-refractivity contribution in [1.29, 1.82) is 0 Å². The Labute approximate surface area is 125 Å². The highest BCUT2D eigenvalue weighted by Gasteiger charge is 2.13. The molecule has 0 saturated heterocycles. The summed E-state index contributed by atoms with van der Waals surface area (Å²) in [5.74, 6) is 0. The van der Waals surface area contributed by atoms with Gasteiger partial charge in [-0.05, 0) is 37.7 Å². The van der Waals surface area contributed by atoms with E-state index in [2.05, 4.69) is 18.0 Å². The lowest BCUT2D eigenvalue weighted by Crippen LogP contribution is -2.23. The second-order valence-electron chi connectivity index (χ2n) is 4.42. The van der Waals surface area contributed by atoms with Gasteiger partial charge in [-0.25, -0.2) is 0 Å². The molecular weight excluding hydrogens is 276 g/mol. The van der Waals surface area contributed by atoms with E-state index in [0.717, 1.165) is 42.0 Å². The van der Waals surface area contributed by atoms with Crippen LogP contribution in [-0.2, 0) is 0 Å². The minimum Gasteiger partial charge on any atom is -0.396 e. The SMILES string of the molecule is CSc1cccc(N(C)CCCCCO)c1C(N)=S. The topological polar surface area (TPSA) is 49.5 Å². The Hall–Kier alpha value is -0.780. The van der Waals surface area contributed by atoms with Crippen molar-refractivity contribution in [1.82, 2.24) is 0 Å². The molecule has 1 aromatic carbocycles. The van der Waals surface area contributed by atoms with E-state index >= 15 is 0 Å². The first-order valence-corrected chi connectivity index (χ1v) is 8.04. The van der Waals surface area contributed by atoms with Crippen molar-refractivity contribution < 1.29 is 5.11 Å². The van der Waals surface area contributed by atoms with Gasteiger partial charge in [-0.15, -0.1) is 11.8 Å². The van der Waals surface area contributed by atoms with E-state index in [0.29, 0.717) is 4.99 Å². The predicted molar refractivity (Wildman–Crippen MR) is 88.3 cm³/mol. The number of unbranched alkanes of at least 4 members (excludes halogenated alkanes) is 2. The molecule has 1 rings (SSSR count). The molecule has 1 aromatic rings. The maximum atomic E-state index is 8.78.